The second-order valence-electron chi connectivity index (χ2n) is 19.4. The van der Waals surface area contributed by atoms with Crippen molar-refractivity contribution in [2.24, 2.45) is 10.1 Å². The van der Waals surface area contributed by atoms with E-state index in [2.05, 4.69) is 85.3 Å². The molecule has 0 spiro atoms. The van der Waals surface area contributed by atoms with Crippen molar-refractivity contribution in [3.05, 3.63) is 131 Å². The van der Waals surface area contributed by atoms with Gasteiger partial charge in [-0.2, -0.15) is 0 Å². The fourth-order valence-corrected chi connectivity index (χ4v) is 9.20. The highest BCUT2D eigenvalue weighted by Gasteiger charge is 2.30. The monoisotopic (exact) mass is 962 g/mol. The van der Waals surface area contributed by atoms with Gasteiger partial charge in [0.05, 0.1) is 6.54 Å². The summed E-state index contributed by atoms with van der Waals surface area (Å²) in [4.78, 5) is 44.4. The van der Waals surface area contributed by atoms with E-state index in [1.165, 1.54) is 40.6 Å². The molecule has 14 heteroatoms. The molecule has 4 N–H and O–H groups in total. The number of piperidine rings is 2. The van der Waals surface area contributed by atoms with E-state index in [-0.39, 0.29) is 12.2 Å². The third-order valence-electron chi connectivity index (χ3n) is 12.0. The van der Waals surface area contributed by atoms with Crippen LogP contribution in [-0.4, -0.2) is 84.2 Å². The predicted molar refractivity (Wildman–Crippen MR) is 282 cm³/mol. The van der Waals surface area contributed by atoms with Crippen LogP contribution in [0.15, 0.2) is 102 Å². The van der Waals surface area contributed by atoms with Crippen LogP contribution in [0.1, 0.15) is 134 Å². The number of aryl methyl sites for hydroxylation is 2. The lowest BCUT2D eigenvalue weighted by Gasteiger charge is -2.35. The smallest absolute Gasteiger partial charge is 0.410 e. The van der Waals surface area contributed by atoms with Crippen LogP contribution in [0.4, 0.5) is 9.59 Å². The average Bonchev–Trinajstić information content (AvgIpc) is 4.05. The van der Waals surface area contributed by atoms with Gasteiger partial charge >= 0.3 is 12.2 Å². The number of aromatic amines is 2. The van der Waals surface area contributed by atoms with Crippen molar-refractivity contribution in [1.29, 1.82) is 0 Å². The highest BCUT2D eigenvalue weighted by Crippen LogP contribution is 2.32. The van der Waals surface area contributed by atoms with Gasteiger partial charge in [0.15, 0.2) is 0 Å². The lowest BCUT2D eigenvalue weighted by molar-refractivity contribution is 0.0188. The molecular weight excluding hydrogens is 889 g/mol. The van der Waals surface area contributed by atoms with E-state index in [0.29, 0.717) is 38.0 Å². The van der Waals surface area contributed by atoms with Crippen molar-refractivity contribution < 1.29 is 20.4 Å². The minimum atomic E-state index is -0.471. The van der Waals surface area contributed by atoms with E-state index >= 15 is 0 Å². The number of amides is 2. The molecule has 68 heavy (non-hydrogen) atoms. The third-order valence-corrected chi connectivity index (χ3v) is 12.6. The van der Waals surface area contributed by atoms with Crippen molar-refractivity contribution >= 4 is 63.8 Å². The number of nitrogens with zero attached hydrogens (tertiary/aromatic N) is 5. The number of nitrogens with two attached hydrogens (primary N) is 1. The molecule has 6 heterocycles. The molecule has 12 nitrogen and oxygen atoms in total. The maximum Gasteiger partial charge on any atom is 0.410 e. The molecule has 0 aliphatic carbocycles. The van der Waals surface area contributed by atoms with Crippen molar-refractivity contribution in [2.45, 2.75) is 136 Å². The summed E-state index contributed by atoms with van der Waals surface area (Å²) in [6.07, 6.45) is 14.9. The van der Waals surface area contributed by atoms with Crippen LogP contribution in [0.2, 0.25) is 0 Å². The van der Waals surface area contributed by atoms with E-state index in [1.54, 1.807) is 6.20 Å². The number of benzene rings is 2. The lowest BCUT2D eigenvalue weighted by Crippen LogP contribution is -2.42. The summed E-state index contributed by atoms with van der Waals surface area (Å²) >= 11 is 10.3. The number of carbonyl (C=O) groups is 2. The number of hydrogen-bond acceptors (Lipinski definition) is 10. The molecule has 2 aromatic carbocycles. The molecule has 2 amide bonds. The number of nitrogens with one attached hydrogen (secondary N) is 2. The molecular formula is C54H72N8O4S2. The normalized spacial score (nSPS) is 16.2. The largest absolute Gasteiger partial charge is 0.444 e. The Morgan fingerprint density at radius 1 is 0.721 bits per heavy atom. The number of carbonyl (C=O) groups excluding carboxylic acids is 2. The van der Waals surface area contributed by atoms with Gasteiger partial charge in [0.2, 0.25) is 0 Å². The Hall–Kier alpha value is -5.57. The van der Waals surface area contributed by atoms with Crippen LogP contribution < -0.4 is 5.73 Å². The fraction of sp³-hybridized carbons (Fsp3) is 0.463. The van der Waals surface area contributed by atoms with E-state index in [4.69, 9.17) is 28.8 Å². The number of H-pyrrole nitrogens is 2. The molecule has 2 fully saturated rings. The molecule has 0 radical (unpaired) electrons. The van der Waals surface area contributed by atoms with Gasteiger partial charge in [0.25, 0.3) is 0 Å². The highest BCUT2D eigenvalue weighted by molar-refractivity contribution is 7.80. The maximum absolute atomic E-state index is 12.6. The Labute approximate surface area is 415 Å². The SMILES string of the molecule is CC(C)(C)OC(=O)N1CCCC(c2ccccc2CCC(=S)CCc2ccnc3[nH]ccc23)C1.CC(C)(C)OC(=O)N1CCCC(c2ccccc2CN)C1.S=NCc1ccnc2[nH]ccc12.[2H]C. The summed E-state index contributed by atoms with van der Waals surface area (Å²) in [5.74, 6) is 0.691. The van der Waals surface area contributed by atoms with Crippen LogP contribution in [0.25, 0.3) is 22.1 Å². The van der Waals surface area contributed by atoms with Gasteiger partial charge in [0.1, 0.15) is 22.5 Å². The van der Waals surface area contributed by atoms with Crippen LogP contribution in [0.3, 0.4) is 0 Å². The molecule has 0 bridgehead atoms. The standard InChI is InChI=1S/C28H35N3O2S.C17H26N2O2.C8H7N3S.CH4/c1-28(2,3)33-27(32)31-18-6-8-22(19-31)24-9-5-4-7-20(24)10-12-23(34)13-11-21-14-16-29-26-25(21)15-17-30-26;1-17(2,3)21-16(20)19-10-6-8-14(12-19)15-9-5-4-7-13(15)11-18;12-11-5-6-1-3-9-8-7(6)2-4-10-8;/h4-5,7,9,14-17,22H,6,8,10-13,18-19H2,1-3H3,(H,29,30);4-5,7,9,14H,6,8,10-12,18H2,1-3H3;1-4H,5H2,(H,9,10);1H4/i;;;1D. The van der Waals surface area contributed by atoms with Crippen LogP contribution >= 0.6 is 12.2 Å². The number of pyridine rings is 2. The Morgan fingerprint density at radius 2 is 1.18 bits per heavy atom. The second-order valence-corrected chi connectivity index (χ2v) is 20.2. The van der Waals surface area contributed by atoms with Crippen molar-refractivity contribution in [2.75, 3.05) is 26.2 Å². The average molecular weight is 962 g/mol. The van der Waals surface area contributed by atoms with Gasteiger partial charge in [-0.25, -0.2) is 23.9 Å². The summed E-state index contributed by atoms with van der Waals surface area (Å²) in [5, 5.41) is 2.29. The number of rotatable bonds is 11. The fourth-order valence-electron chi connectivity index (χ4n) is 8.86. The summed E-state index contributed by atoms with van der Waals surface area (Å²) in [5.41, 5.74) is 14.3. The van der Waals surface area contributed by atoms with Gasteiger partial charge in [-0.15, -0.1) is 0 Å². The molecule has 8 rings (SSSR count). The summed E-state index contributed by atoms with van der Waals surface area (Å²) in [7, 11) is 1.25. The molecule has 0 saturated carbocycles. The zero-order valence-corrected chi connectivity index (χ0v) is 42.7. The minimum absolute atomic E-state index is 0.205. The third kappa shape index (κ3) is 15.5. The molecule has 2 aliphatic heterocycles. The van der Waals surface area contributed by atoms with Gasteiger partial charge < -0.3 is 35.0 Å². The molecule has 2 unspecified atom stereocenters. The van der Waals surface area contributed by atoms with Crippen LogP contribution in [0, 0.1) is 0 Å². The van der Waals surface area contributed by atoms with E-state index in [0.717, 1.165) is 91.6 Å². The van der Waals surface area contributed by atoms with Crippen LogP contribution in [-0.2, 0) is 47.8 Å². The number of fused-ring (bicyclic) bond motifs is 2. The first-order valence-corrected chi connectivity index (χ1v) is 24.3. The number of aromatic nitrogens is 4. The van der Waals surface area contributed by atoms with E-state index in [9.17, 15) is 9.59 Å². The van der Waals surface area contributed by atoms with E-state index < -0.39 is 11.2 Å². The van der Waals surface area contributed by atoms with Gasteiger partial charge in [0, 0.05) is 93.9 Å². The first kappa shape index (κ1) is 51.8. The zero-order valence-electron chi connectivity index (χ0n) is 42.1. The molecule has 6 aromatic rings. The Balaban J connectivity index is 0.000000214. The van der Waals surface area contributed by atoms with Crippen molar-refractivity contribution in [3.63, 3.8) is 0 Å². The Morgan fingerprint density at radius 3 is 1.68 bits per heavy atom. The quantitative estimate of drug-likeness (QED) is 0.108. The molecule has 2 aliphatic rings. The zero-order chi connectivity index (χ0) is 50.0. The molecule has 4 aromatic heterocycles. The molecule has 2 saturated heterocycles. The Bertz CT molecular complexity index is 2580. The molecule has 364 valence electrons. The minimum Gasteiger partial charge on any atom is -0.444 e. The van der Waals surface area contributed by atoms with Crippen LogP contribution in [0.5, 0.6) is 0 Å². The lowest BCUT2D eigenvalue weighted by atomic mass is 9.86. The number of hydrogen-bond donors (Lipinski definition) is 3. The van der Waals surface area contributed by atoms with Gasteiger partial charge in [-0.3, -0.25) is 0 Å². The number of thiocarbonyl (C=S) groups is 1. The van der Waals surface area contributed by atoms with Gasteiger partial charge in [-0.1, -0.05) is 68.2 Å². The first-order chi connectivity index (χ1) is 33.1. The summed E-state index contributed by atoms with van der Waals surface area (Å²) in [6, 6.07) is 25.0. The number of likely N-dealkylation sites (tertiary alicyclic amines) is 2. The molecule has 2 atom stereocenters. The second kappa shape index (κ2) is 25.2. The first-order valence-electron chi connectivity index (χ1n) is 24.6. The van der Waals surface area contributed by atoms with Crippen molar-refractivity contribution in [1.82, 2.24) is 29.7 Å². The predicted octanol–water partition coefficient (Wildman–Crippen LogP) is 12.3. The Kier molecular flexibility index (Phi) is 19.2. The maximum atomic E-state index is 12.6. The van der Waals surface area contributed by atoms with E-state index in [1.807, 2.05) is 94.2 Å². The number of ether oxygens (including phenoxy) is 2. The topological polar surface area (TPSA) is 155 Å². The highest BCUT2D eigenvalue weighted by atomic mass is 32.1. The van der Waals surface area contributed by atoms with Gasteiger partial charge in [-0.05, 0) is 155 Å². The van der Waals surface area contributed by atoms with Crippen molar-refractivity contribution in [3.8, 4) is 0 Å². The summed E-state index contributed by atoms with van der Waals surface area (Å²) in [6.45, 7) is 15.5. The summed E-state index contributed by atoms with van der Waals surface area (Å²) < 4.78 is 20.5.